The first-order chi connectivity index (χ1) is 9.45. The lowest BCUT2D eigenvalue weighted by Gasteiger charge is -2.13. The van der Waals surface area contributed by atoms with Crippen molar-refractivity contribution >= 4 is 5.91 Å². The minimum absolute atomic E-state index is 0.128. The smallest absolute Gasteiger partial charge is 0.287 e. The molecule has 0 aliphatic rings. The summed E-state index contributed by atoms with van der Waals surface area (Å²) in [4.78, 5) is 11.9. The van der Waals surface area contributed by atoms with E-state index < -0.39 is 0 Å². The molecule has 20 heavy (non-hydrogen) atoms. The quantitative estimate of drug-likeness (QED) is 0.748. The standard InChI is InChI=1S/C15H17NO4/c1-9(7-11-4-5-12(17)13(18)8-11)16-15(19)14-6-3-10(2)20-14/h3-6,8-9,17-18H,7H2,1-2H3,(H,16,19). The number of nitrogens with one attached hydrogen (secondary N) is 1. The second-order valence-corrected chi connectivity index (χ2v) is 4.81. The Morgan fingerprint density at radius 2 is 2.00 bits per heavy atom. The molecule has 1 heterocycles. The zero-order valence-electron chi connectivity index (χ0n) is 11.4. The topological polar surface area (TPSA) is 82.7 Å². The maximum absolute atomic E-state index is 11.9. The number of aromatic hydroxyl groups is 2. The summed E-state index contributed by atoms with van der Waals surface area (Å²) in [6.45, 7) is 3.64. The number of furan rings is 1. The second kappa shape index (κ2) is 5.69. The van der Waals surface area contributed by atoms with E-state index in [4.69, 9.17) is 4.42 Å². The van der Waals surface area contributed by atoms with Crippen molar-refractivity contribution in [2.75, 3.05) is 0 Å². The second-order valence-electron chi connectivity index (χ2n) is 4.81. The number of carbonyl (C=O) groups is 1. The highest BCUT2D eigenvalue weighted by Gasteiger charge is 2.13. The fraction of sp³-hybridized carbons (Fsp3) is 0.267. The number of benzene rings is 1. The van der Waals surface area contributed by atoms with Crippen LogP contribution in [0.1, 0.15) is 28.8 Å². The molecule has 1 aromatic heterocycles. The van der Waals surface area contributed by atoms with Gasteiger partial charge in [-0.3, -0.25) is 4.79 Å². The number of phenols is 2. The highest BCUT2D eigenvalue weighted by Crippen LogP contribution is 2.25. The summed E-state index contributed by atoms with van der Waals surface area (Å²) in [6, 6.07) is 7.84. The van der Waals surface area contributed by atoms with Crippen molar-refractivity contribution in [1.29, 1.82) is 0 Å². The average molecular weight is 275 g/mol. The maximum Gasteiger partial charge on any atom is 0.287 e. The Labute approximate surface area is 116 Å². The summed E-state index contributed by atoms with van der Waals surface area (Å²) < 4.78 is 5.25. The van der Waals surface area contributed by atoms with Gasteiger partial charge in [0.2, 0.25) is 0 Å². The van der Waals surface area contributed by atoms with Crippen molar-refractivity contribution in [3.05, 3.63) is 47.4 Å². The van der Waals surface area contributed by atoms with Crippen LogP contribution in [0.5, 0.6) is 11.5 Å². The molecular weight excluding hydrogens is 258 g/mol. The Balaban J connectivity index is 1.96. The minimum Gasteiger partial charge on any atom is -0.504 e. The molecule has 0 bridgehead atoms. The van der Waals surface area contributed by atoms with Crippen LogP contribution in [-0.2, 0) is 6.42 Å². The molecule has 1 amide bonds. The monoisotopic (exact) mass is 275 g/mol. The molecule has 0 radical (unpaired) electrons. The van der Waals surface area contributed by atoms with Crippen molar-refractivity contribution in [3.8, 4) is 11.5 Å². The van der Waals surface area contributed by atoms with Gasteiger partial charge in [0.05, 0.1) is 0 Å². The predicted molar refractivity (Wildman–Crippen MR) is 73.8 cm³/mol. The van der Waals surface area contributed by atoms with E-state index in [-0.39, 0.29) is 29.2 Å². The van der Waals surface area contributed by atoms with Crippen LogP contribution in [0.15, 0.2) is 34.7 Å². The summed E-state index contributed by atoms with van der Waals surface area (Å²) in [5.41, 5.74) is 0.823. The first-order valence-corrected chi connectivity index (χ1v) is 6.34. The third-order valence-corrected chi connectivity index (χ3v) is 2.92. The molecule has 0 fully saturated rings. The van der Waals surface area contributed by atoms with E-state index in [0.29, 0.717) is 12.2 Å². The molecular formula is C15H17NO4. The van der Waals surface area contributed by atoms with Crippen LogP contribution in [0.4, 0.5) is 0 Å². The lowest BCUT2D eigenvalue weighted by atomic mass is 10.1. The van der Waals surface area contributed by atoms with E-state index in [1.54, 1.807) is 25.1 Å². The number of aryl methyl sites for hydroxylation is 1. The van der Waals surface area contributed by atoms with Gasteiger partial charge in [-0.15, -0.1) is 0 Å². The fourth-order valence-electron chi connectivity index (χ4n) is 1.95. The van der Waals surface area contributed by atoms with E-state index in [9.17, 15) is 15.0 Å². The van der Waals surface area contributed by atoms with Crippen LogP contribution in [0, 0.1) is 6.92 Å². The van der Waals surface area contributed by atoms with Gasteiger partial charge in [0.1, 0.15) is 5.76 Å². The number of carbonyl (C=O) groups excluding carboxylic acids is 1. The highest BCUT2D eigenvalue weighted by molar-refractivity contribution is 5.91. The molecule has 1 unspecified atom stereocenters. The van der Waals surface area contributed by atoms with Crippen LogP contribution in [-0.4, -0.2) is 22.2 Å². The Hall–Kier alpha value is -2.43. The van der Waals surface area contributed by atoms with Gasteiger partial charge in [-0.1, -0.05) is 6.07 Å². The molecule has 0 aliphatic carbocycles. The average Bonchev–Trinajstić information content (AvgIpc) is 2.80. The van der Waals surface area contributed by atoms with Crippen molar-refractivity contribution in [2.24, 2.45) is 0 Å². The molecule has 0 aliphatic heterocycles. The Morgan fingerprint density at radius 3 is 2.60 bits per heavy atom. The van der Waals surface area contributed by atoms with Crippen molar-refractivity contribution in [3.63, 3.8) is 0 Å². The Kier molecular flexibility index (Phi) is 3.98. The Morgan fingerprint density at radius 1 is 1.25 bits per heavy atom. The van der Waals surface area contributed by atoms with Gasteiger partial charge in [0.15, 0.2) is 17.3 Å². The molecule has 3 N–H and O–H groups in total. The first-order valence-electron chi connectivity index (χ1n) is 6.34. The lowest BCUT2D eigenvalue weighted by Crippen LogP contribution is -2.33. The van der Waals surface area contributed by atoms with Gasteiger partial charge in [-0.05, 0) is 50.1 Å². The van der Waals surface area contributed by atoms with Gasteiger partial charge in [-0.2, -0.15) is 0 Å². The molecule has 2 rings (SSSR count). The molecule has 1 atom stereocenters. The van der Waals surface area contributed by atoms with Gasteiger partial charge in [0.25, 0.3) is 5.91 Å². The molecule has 5 nitrogen and oxygen atoms in total. The number of rotatable bonds is 4. The van der Waals surface area contributed by atoms with E-state index in [1.807, 2.05) is 6.92 Å². The van der Waals surface area contributed by atoms with Crippen LogP contribution in [0.25, 0.3) is 0 Å². The van der Waals surface area contributed by atoms with Crippen LogP contribution in [0.3, 0.4) is 0 Å². The first kappa shape index (κ1) is 14.0. The molecule has 5 heteroatoms. The molecule has 106 valence electrons. The molecule has 0 spiro atoms. The number of phenolic OH excluding ortho intramolecular Hbond substituents is 2. The summed E-state index contributed by atoms with van der Waals surface area (Å²) in [5, 5.41) is 21.5. The SMILES string of the molecule is Cc1ccc(C(=O)NC(C)Cc2ccc(O)c(O)c2)o1. The fourth-order valence-corrected chi connectivity index (χ4v) is 1.95. The van der Waals surface area contributed by atoms with Gasteiger partial charge in [-0.25, -0.2) is 0 Å². The van der Waals surface area contributed by atoms with Crippen molar-refractivity contribution in [2.45, 2.75) is 26.3 Å². The minimum atomic E-state index is -0.270. The van der Waals surface area contributed by atoms with E-state index >= 15 is 0 Å². The van der Waals surface area contributed by atoms with E-state index in [1.165, 1.54) is 12.1 Å². The summed E-state index contributed by atoms with van der Waals surface area (Å²) >= 11 is 0. The molecule has 2 aromatic rings. The Bertz CT molecular complexity index is 618. The summed E-state index contributed by atoms with van der Waals surface area (Å²) in [7, 11) is 0. The third kappa shape index (κ3) is 3.32. The predicted octanol–water partition coefficient (Wildman–Crippen LogP) is 2.36. The highest BCUT2D eigenvalue weighted by atomic mass is 16.3. The van der Waals surface area contributed by atoms with Crippen LogP contribution >= 0.6 is 0 Å². The van der Waals surface area contributed by atoms with Crippen molar-refractivity contribution < 1.29 is 19.4 Å². The van der Waals surface area contributed by atoms with Crippen LogP contribution < -0.4 is 5.32 Å². The normalized spacial score (nSPS) is 12.1. The van der Waals surface area contributed by atoms with Gasteiger partial charge in [0, 0.05) is 6.04 Å². The molecule has 0 saturated carbocycles. The van der Waals surface area contributed by atoms with Crippen molar-refractivity contribution in [1.82, 2.24) is 5.32 Å². The molecule has 0 saturated heterocycles. The maximum atomic E-state index is 11.9. The summed E-state index contributed by atoms with van der Waals surface area (Å²) in [5.74, 6) is 0.377. The zero-order chi connectivity index (χ0) is 14.7. The third-order valence-electron chi connectivity index (χ3n) is 2.92. The van der Waals surface area contributed by atoms with Gasteiger partial charge < -0.3 is 19.9 Å². The summed E-state index contributed by atoms with van der Waals surface area (Å²) in [6.07, 6.45) is 0.541. The van der Waals surface area contributed by atoms with E-state index in [2.05, 4.69) is 5.32 Å². The number of amides is 1. The van der Waals surface area contributed by atoms with E-state index in [0.717, 1.165) is 5.56 Å². The zero-order valence-corrected chi connectivity index (χ0v) is 11.4. The van der Waals surface area contributed by atoms with Gasteiger partial charge >= 0.3 is 0 Å². The molecule has 1 aromatic carbocycles. The lowest BCUT2D eigenvalue weighted by molar-refractivity contribution is 0.0911. The number of hydrogen-bond donors (Lipinski definition) is 3. The largest absolute Gasteiger partial charge is 0.504 e. The van der Waals surface area contributed by atoms with Crippen LogP contribution in [0.2, 0.25) is 0 Å². The number of hydrogen-bond acceptors (Lipinski definition) is 4.